The van der Waals surface area contributed by atoms with Crippen molar-refractivity contribution in [2.45, 2.75) is 11.8 Å². The number of aryl methyl sites for hydroxylation is 1. The zero-order chi connectivity index (χ0) is 10.3. The molecule has 0 saturated heterocycles. The monoisotopic (exact) mass is 210 g/mol. The molecule has 0 amide bonds. The molecule has 74 valence electrons. The van der Waals surface area contributed by atoms with Gasteiger partial charge >= 0.3 is 0 Å². The first-order valence-electron chi connectivity index (χ1n) is 4.09. The predicted octanol–water partition coefficient (Wildman–Crippen LogP) is 1.12. The van der Waals surface area contributed by atoms with Crippen LogP contribution in [0.1, 0.15) is 5.56 Å². The fourth-order valence-corrected chi connectivity index (χ4v) is 2.33. The molecule has 0 unspecified atom stereocenters. The number of hydrogen-bond donors (Lipinski definition) is 2. The first-order chi connectivity index (χ1) is 6.50. The van der Waals surface area contributed by atoms with Crippen LogP contribution in [-0.4, -0.2) is 13.4 Å². The van der Waals surface area contributed by atoms with Gasteiger partial charge in [-0.15, -0.1) is 0 Å². The molecule has 0 atom stereocenters. The highest BCUT2D eigenvalue weighted by atomic mass is 32.2. The second-order valence-electron chi connectivity index (χ2n) is 3.20. The normalized spacial score (nSPS) is 12.1. The summed E-state index contributed by atoms with van der Waals surface area (Å²) in [6, 6.07) is 5.53. The van der Waals surface area contributed by atoms with Crippen molar-refractivity contribution in [3.63, 3.8) is 0 Å². The van der Waals surface area contributed by atoms with Crippen molar-refractivity contribution in [1.82, 2.24) is 4.98 Å². The van der Waals surface area contributed by atoms with Gasteiger partial charge in [-0.05, 0) is 18.6 Å². The molecule has 0 spiro atoms. The Balaban J connectivity index is 2.94. The fourth-order valence-electron chi connectivity index (χ4n) is 1.55. The van der Waals surface area contributed by atoms with Crippen molar-refractivity contribution in [3.05, 3.63) is 30.0 Å². The summed E-state index contributed by atoms with van der Waals surface area (Å²) in [7, 11) is -3.64. The topological polar surface area (TPSA) is 76.0 Å². The van der Waals surface area contributed by atoms with Crippen molar-refractivity contribution in [2.75, 3.05) is 0 Å². The van der Waals surface area contributed by atoms with Gasteiger partial charge in [-0.2, -0.15) is 0 Å². The van der Waals surface area contributed by atoms with Crippen LogP contribution in [0, 0.1) is 6.92 Å². The second-order valence-corrected chi connectivity index (χ2v) is 4.73. The van der Waals surface area contributed by atoms with E-state index in [-0.39, 0.29) is 4.90 Å². The van der Waals surface area contributed by atoms with Crippen molar-refractivity contribution in [2.24, 2.45) is 5.14 Å². The Bertz CT molecular complexity index is 584. The fraction of sp³-hybridized carbons (Fsp3) is 0.111. The highest BCUT2D eigenvalue weighted by Crippen LogP contribution is 2.24. The van der Waals surface area contributed by atoms with Crippen LogP contribution in [-0.2, 0) is 10.0 Å². The Labute approximate surface area is 81.8 Å². The maximum Gasteiger partial charge on any atom is 0.240 e. The van der Waals surface area contributed by atoms with Crippen molar-refractivity contribution in [1.29, 1.82) is 0 Å². The zero-order valence-corrected chi connectivity index (χ0v) is 8.43. The molecule has 2 aromatic rings. The zero-order valence-electron chi connectivity index (χ0n) is 7.61. The predicted molar refractivity (Wildman–Crippen MR) is 54.4 cm³/mol. The van der Waals surface area contributed by atoms with Gasteiger partial charge in [0.2, 0.25) is 10.0 Å². The number of benzene rings is 1. The number of sulfonamides is 1. The minimum Gasteiger partial charge on any atom is -0.360 e. The number of aromatic nitrogens is 1. The summed E-state index contributed by atoms with van der Waals surface area (Å²) in [5, 5.41) is 5.76. The summed E-state index contributed by atoms with van der Waals surface area (Å²) < 4.78 is 22.4. The van der Waals surface area contributed by atoms with Crippen LogP contribution in [0.2, 0.25) is 0 Å². The smallest absolute Gasteiger partial charge is 0.240 e. The number of nitrogens with one attached hydrogen (secondary N) is 1. The van der Waals surface area contributed by atoms with E-state index in [1.165, 1.54) is 6.20 Å². The Morgan fingerprint density at radius 1 is 1.36 bits per heavy atom. The maximum atomic E-state index is 11.2. The first kappa shape index (κ1) is 9.23. The van der Waals surface area contributed by atoms with Crippen molar-refractivity contribution < 1.29 is 8.42 Å². The molecular weight excluding hydrogens is 200 g/mol. The molecule has 14 heavy (non-hydrogen) atoms. The third kappa shape index (κ3) is 1.30. The van der Waals surface area contributed by atoms with E-state index in [2.05, 4.69) is 4.98 Å². The summed E-state index contributed by atoms with van der Waals surface area (Å²) in [5.41, 5.74) is 1.68. The van der Waals surface area contributed by atoms with Crippen LogP contribution >= 0.6 is 0 Å². The Morgan fingerprint density at radius 3 is 2.71 bits per heavy atom. The summed E-state index contributed by atoms with van der Waals surface area (Å²) in [4.78, 5) is 3.03. The van der Waals surface area contributed by atoms with E-state index in [0.717, 1.165) is 11.1 Å². The number of aromatic amines is 1. The SMILES string of the molecule is Cc1cccc2[nH]cc(S(N)(=O)=O)c12. The van der Waals surface area contributed by atoms with Gasteiger partial charge in [-0.1, -0.05) is 12.1 Å². The standard InChI is InChI=1S/C9H10N2O2S/c1-6-3-2-4-7-9(6)8(5-11-7)14(10,12)13/h2-5,11H,1H3,(H2,10,12,13). The number of H-pyrrole nitrogens is 1. The maximum absolute atomic E-state index is 11.2. The quantitative estimate of drug-likeness (QED) is 0.740. The average Bonchev–Trinajstić information content (AvgIpc) is 2.47. The lowest BCUT2D eigenvalue weighted by Gasteiger charge is -1.98. The van der Waals surface area contributed by atoms with Crippen LogP contribution in [0.3, 0.4) is 0 Å². The summed E-state index contributed by atoms with van der Waals surface area (Å²) >= 11 is 0. The molecule has 1 aromatic heterocycles. The molecule has 0 saturated carbocycles. The molecule has 1 heterocycles. The molecule has 0 fully saturated rings. The largest absolute Gasteiger partial charge is 0.360 e. The molecule has 0 bridgehead atoms. The third-order valence-corrected chi connectivity index (χ3v) is 3.12. The van der Waals surface area contributed by atoms with E-state index in [4.69, 9.17) is 5.14 Å². The number of primary sulfonamides is 1. The molecule has 0 aliphatic rings. The van der Waals surface area contributed by atoms with E-state index >= 15 is 0 Å². The number of fused-ring (bicyclic) bond motifs is 1. The van der Waals surface area contributed by atoms with Gasteiger partial charge in [-0.3, -0.25) is 0 Å². The molecule has 0 radical (unpaired) electrons. The van der Waals surface area contributed by atoms with Gasteiger partial charge in [0.25, 0.3) is 0 Å². The van der Waals surface area contributed by atoms with Crippen LogP contribution in [0.5, 0.6) is 0 Å². The van der Waals surface area contributed by atoms with Crippen LogP contribution in [0.4, 0.5) is 0 Å². The number of hydrogen-bond acceptors (Lipinski definition) is 2. The molecule has 0 aliphatic carbocycles. The van der Waals surface area contributed by atoms with E-state index in [1.807, 2.05) is 25.1 Å². The molecule has 0 aliphatic heterocycles. The van der Waals surface area contributed by atoms with E-state index in [1.54, 1.807) is 0 Å². The van der Waals surface area contributed by atoms with Crippen LogP contribution < -0.4 is 5.14 Å². The van der Waals surface area contributed by atoms with Crippen molar-refractivity contribution >= 4 is 20.9 Å². The summed E-state index contributed by atoms with van der Waals surface area (Å²) in [6.07, 6.45) is 1.42. The Hall–Kier alpha value is -1.33. The third-order valence-electron chi connectivity index (χ3n) is 2.18. The molecule has 4 nitrogen and oxygen atoms in total. The van der Waals surface area contributed by atoms with Crippen molar-refractivity contribution in [3.8, 4) is 0 Å². The number of nitrogens with two attached hydrogens (primary N) is 1. The van der Waals surface area contributed by atoms with Gasteiger partial charge < -0.3 is 4.98 Å². The molecular formula is C9H10N2O2S. The van der Waals surface area contributed by atoms with Gasteiger partial charge in [0, 0.05) is 17.1 Å². The van der Waals surface area contributed by atoms with Gasteiger partial charge in [-0.25, -0.2) is 13.6 Å². The summed E-state index contributed by atoms with van der Waals surface area (Å²) in [5.74, 6) is 0. The average molecular weight is 210 g/mol. The van der Waals surface area contributed by atoms with E-state index in [0.29, 0.717) is 5.39 Å². The first-order valence-corrected chi connectivity index (χ1v) is 5.64. The minimum atomic E-state index is -3.64. The lowest BCUT2D eigenvalue weighted by Crippen LogP contribution is -2.11. The van der Waals surface area contributed by atoms with Gasteiger partial charge in [0.15, 0.2) is 0 Å². The van der Waals surface area contributed by atoms with Gasteiger partial charge in [0.05, 0.1) is 0 Å². The molecule has 3 N–H and O–H groups in total. The van der Waals surface area contributed by atoms with E-state index in [9.17, 15) is 8.42 Å². The molecule has 5 heteroatoms. The second kappa shape index (κ2) is 2.83. The highest BCUT2D eigenvalue weighted by molar-refractivity contribution is 7.89. The Morgan fingerprint density at radius 2 is 2.07 bits per heavy atom. The number of rotatable bonds is 1. The van der Waals surface area contributed by atoms with E-state index < -0.39 is 10.0 Å². The van der Waals surface area contributed by atoms with Crippen LogP contribution in [0.25, 0.3) is 10.9 Å². The molecule has 2 rings (SSSR count). The highest BCUT2D eigenvalue weighted by Gasteiger charge is 2.15. The molecule has 1 aromatic carbocycles. The van der Waals surface area contributed by atoms with Gasteiger partial charge in [0.1, 0.15) is 4.90 Å². The van der Waals surface area contributed by atoms with Crippen LogP contribution in [0.15, 0.2) is 29.3 Å². The lowest BCUT2D eigenvalue weighted by molar-refractivity contribution is 0.598. The lowest BCUT2D eigenvalue weighted by atomic mass is 10.1. The minimum absolute atomic E-state index is 0.158. The summed E-state index contributed by atoms with van der Waals surface area (Å²) in [6.45, 7) is 1.85. The Kier molecular flexibility index (Phi) is 1.87.